The Labute approximate surface area is 194 Å². The molecule has 3 saturated heterocycles. The van der Waals surface area contributed by atoms with Crippen molar-refractivity contribution in [1.82, 2.24) is 0 Å². The largest absolute Gasteiger partial charge is 0.459 e. The van der Waals surface area contributed by atoms with E-state index in [-0.39, 0.29) is 18.2 Å². The van der Waals surface area contributed by atoms with Crippen molar-refractivity contribution >= 4 is 11.9 Å². The van der Waals surface area contributed by atoms with Crippen molar-refractivity contribution in [3.8, 4) is 0 Å². The Morgan fingerprint density at radius 3 is 2.27 bits per heavy atom. The molecule has 0 aromatic heterocycles. The first-order valence-electron chi connectivity index (χ1n) is 12.7. The summed E-state index contributed by atoms with van der Waals surface area (Å²) in [6.45, 7) is 7.50. The minimum Gasteiger partial charge on any atom is -0.459 e. The van der Waals surface area contributed by atoms with Crippen LogP contribution < -0.4 is 0 Å². The smallest absolute Gasteiger partial charge is 0.338 e. The van der Waals surface area contributed by atoms with Crippen molar-refractivity contribution in [1.29, 1.82) is 0 Å². The maximum Gasteiger partial charge on any atom is 0.338 e. The van der Waals surface area contributed by atoms with Crippen LogP contribution in [-0.4, -0.2) is 60.6 Å². The van der Waals surface area contributed by atoms with Gasteiger partial charge in [-0.15, -0.1) is 0 Å². The monoisotopic (exact) mass is 464 g/mol. The Morgan fingerprint density at radius 2 is 1.67 bits per heavy atom. The van der Waals surface area contributed by atoms with Gasteiger partial charge in [0.2, 0.25) is 0 Å². The van der Waals surface area contributed by atoms with E-state index in [1.54, 1.807) is 13.8 Å². The number of hydrogen-bond acceptors (Lipinski definition) is 8. The number of esters is 2. The second kappa shape index (κ2) is 7.39. The van der Waals surface area contributed by atoms with E-state index >= 15 is 0 Å². The van der Waals surface area contributed by atoms with Gasteiger partial charge < -0.3 is 28.4 Å². The minimum atomic E-state index is -0.908. The Hall–Kier alpha value is -1.22. The number of carbonyl (C=O) groups is 2. The van der Waals surface area contributed by atoms with Crippen LogP contribution in [0.5, 0.6) is 0 Å². The molecule has 7 rings (SSSR count). The second-order valence-corrected chi connectivity index (χ2v) is 12.1. The average Bonchev–Trinajstić information content (AvgIpc) is 3.30. The lowest BCUT2D eigenvalue weighted by molar-refractivity contribution is -0.219. The van der Waals surface area contributed by atoms with Crippen LogP contribution in [0.2, 0.25) is 0 Å². The molecule has 0 amide bonds. The highest BCUT2D eigenvalue weighted by Gasteiger charge is 2.64. The van der Waals surface area contributed by atoms with Gasteiger partial charge in [-0.25, -0.2) is 4.79 Å². The molecule has 7 fully saturated rings. The standard InChI is InChI=1S/C25H36O8/c1-5-24(4,22(27)33-25-9-13-6-14(10-25)8-15(7-13)11-25)12-28-18-16-17(29-20(18)26)19-21(30-16)32-23(2,3)31-19/h13-19,21H,5-12H2,1-4H3. The predicted octanol–water partition coefficient (Wildman–Crippen LogP) is 3.10. The summed E-state index contributed by atoms with van der Waals surface area (Å²) in [5.41, 5.74) is -1.14. The van der Waals surface area contributed by atoms with Crippen molar-refractivity contribution in [3.05, 3.63) is 0 Å². The van der Waals surface area contributed by atoms with E-state index in [1.807, 2.05) is 13.8 Å². The van der Waals surface area contributed by atoms with Crippen molar-refractivity contribution in [3.63, 3.8) is 0 Å². The van der Waals surface area contributed by atoms with Crippen LogP contribution in [0.15, 0.2) is 0 Å². The fourth-order valence-corrected chi connectivity index (χ4v) is 7.44. The van der Waals surface area contributed by atoms with E-state index < -0.39 is 47.9 Å². The maximum atomic E-state index is 13.4. The van der Waals surface area contributed by atoms with Gasteiger partial charge in [0, 0.05) is 0 Å². The molecule has 6 unspecified atom stereocenters. The number of rotatable bonds is 6. The number of hydrogen-bond donors (Lipinski definition) is 0. The van der Waals surface area contributed by atoms with E-state index in [4.69, 9.17) is 28.4 Å². The zero-order valence-corrected chi connectivity index (χ0v) is 20.0. The lowest BCUT2D eigenvalue weighted by Crippen LogP contribution is -2.54. The molecule has 184 valence electrons. The topological polar surface area (TPSA) is 89.5 Å². The summed E-state index contributed by atoms with van der Waals surface area (Å²) in [6.07, 6.45) is 4.29. The van der Waals surface area contributed by atoms with Crippen LogP contribution in [0.4, 0.5) is 0 Å². The van der Waals surface area contributed by atoms with Crippen LogP contribution in [0.25, 0.3) is 0 Å². The van der Waals surface area contributed by atoms with Crippen molar-refractivity contribution in [2.45, 2.75) is 115 Å². The third-order valence-electron chi connectivity index (χ3n) is 8.96. The average molecular weight is 465 g/mol. The highest BCUT2D eigenvalue weighted by molar-refractivity contribution is 5.79. The molecule has 0 radical (unpaired) electrons. The number of carbonyl (C=O) groups excluding carboxylic acids is 2. The summed E-state index contributed by atoms with van der Waals surface area (Å²) < 4.78 is 35.5. The van der Waals surface area contributed by atoms with Gasteiger partial charge in [0.15, 0.2) is 30.4 Å². The first-order valence-corrected chi connectivity index (χ1v) is 12.7. The highest BCUT2D eigenvalue weighted by Crippen LogP contribution is 2.57. The van der Waals surface area contributed by atoms with Crippen molar-refractivity contribution in [2.75, 3.05) is 6.61 Å². The minimum absolute atomic E-state index is 0.0730. The second-order valence-electron chi connectivity index (χ2n) is 12.1. The van der Waals surface area contributed by atoms with Crippen LogP contribution in [0.3, 0.4) is 0 Å². The highest BCUT2D eigenvalue weighted by atomic mass is 16.8. The van der Waals surface area contributed by atoms with Gasteiger partial charge in [-0.3, -0.25) is 4.79 Å². The third kappa shape index (κ3) is 3.63. The molecule has 0 spiro atoms. The van der Waals surface area contributed by atoms with Gasteiger partial charge in [-0.1, -0.05) is 6.92 Å². The van der Waals surface area contributed by atoms with Gasteiger partial charge in [0.05, 0.1) is 12.0 Å². The van der Waals surface area contributed by atoms with Crippen LogP contribution in [0, 0.1) is 23.2 Å². The SMILES string of the molecule is CCC(C)(COC1C(=O)OC2C3OC(C)(C)OC3OC12)C(=O)OC12CC3CC(CC(C3)C1)C2. The fourth-order valence-electron chi connectivity index (χ4n) is 7.44. The molecular weight excluding hydrogens is 428 g/mol. The van der Waals surface area contributed by atoms with Crippen molar-refractivity contribution < 1.29 is 38.0 Å². The molecule has 0 aromatic rings. The summed E-state index contributed by atoms with van der Waals surface area (Å²) in [7, 11) is 0. The van der Waals surface area contributed by atoms with Crippen LogP contribution in [0.1, 0.15) is 72.6 Å². The Morgan fingerprint density at radius 1 is 1.03 bits per heavy atom. The lowest BCUT2D eigenvalue weighted by atomic mass is 9.54. The molecule has 8 nitrogen and oxygen atoms in total. The molecule has 3 heterocycles. The molecule has 3 aliphatic heterocycles. The molecule has 7 aliphatic rings. The van der Waals surface area contributed by atoms with E-state index in [9.17, 15) is 9.59 Å². The molecule has 0 aromatic carbocycles. The Bertz CT molecular complexity index is 803. The third-order valence-corrected chi connectivity index (χ3v) is 8.96. The molecule has 33 heavy (non-hydrogen) atoms. The Kier molecular flexibility index (Phi) is 4.98. The normalized spacial score (nSPS) is 48.3. The number of fused-ring (bicyclic) bond motifs is 3. The maximum absolute atomic E-state index is 13.4. The first-order chi connectivity index (χ1) is 15.6. The molecule has 4 saturated carbocycles. The molecule has 8 heteroatoms. The molecule has 4 aliphatic carbocycles. The summed E-state index contributed by atoms with van der Waals surface area (Å²) >= 11 is 0. The van der Waals surface area contributed by atoms with Gasteiger partial charge in [0.25, 0.3) is 0 Å². The zero-order chi connectivity index (χ0) is 23.2. The van der Waals surface area contributed by atoms with Gasteiger partial charge in [-0.05, 0) is 83.5 Å². The predicted molar refractivity (Wildman–Crippen MR) is 114 cm³/mol. The van der Waals surface area contributed by atoms with Gasteiger partial charge in [-0.2, -0.15) is 0 Å². The van der Waals surface area contributed by atoms with Gasteiger partial charge in [0.1, 0.15) is 11.7 Å². The van der Waals surface area contributed by atoms with E-state index in [1.165, 1.54) is 19.3 Å². The lowest BCUT2D eigenvalue weighted by Gasteiger charge is -2.56. The van der Waals surface area contributed by atoms with E-state index in [0.29, 0.717) is 24.2 Å². The molecule has 4 bridgehead atoms. The van der Waals surface area contributed by atoms with Gasteiger partial charge >= 0.3 is 11.9 Å². The van der Waals surface area contributed by atoms with E-state index in [2.05, 4.69) is 0 Å². The molecular formula is C25H36O8. The first kappa shape index (κ1) is 22.3. The summed E-state index contributed by atoms with van der Waals surface area (Å²) in [5.74, 6) is 0.621. The zero-order valence-electron chi connectivity index (χ0n) is 20.0. The molecule has 6 atom stereocenters. The summed E-state index contributed by atoms with van der Waals surface area (Å²) in [5, 5.41) is 0. The van der Waals surface area contributed by atoms with E-state index in [0.717, 1.165) is 19.3 Å². The quantitative estimate of drug-likeness (QED) is 0.554. The Balaban J connectivity index is 1.11. The number of ether oxygens (including phenoxy) is 6. The molecule has 0 N–H and O–H groups in total. The van der Waals surface area contributed by atoms with Crippen LogP contribution in [-0.2, 0) is 38.0 Å². The fraction of sp³-hybridized carbons (Fsp3) is 0.920. The summed E-state index contributed by atoms with van der Waals surface area (Å²) in [4.78, 5) is 26.0. The van der Waals surface area contributed by atoms with Crippen molar-refractivity contribution in [2.24, 2.45) is 23.2 Å². The summed E-state index contributed by atoms with van der Waals surface area (Å²) in [6, 6.07) is 0. The van der Waals surface area contributed by atoms with Crippen LogP contribution >= 0.6 is 0 Å².